The number of sulfonamides is 1. The van der Waals surface area contributed by atoms with E-state index in [0.717, 1.165) is 22.5 Å². The fraction of sp³-hybridized carbons (Fsp3) is 0.529. The molecule has 140 valence electrons. The first-order chi connectivity index (χ1) is 11.8. The molecule has 1 N–H and O–H groups in total. The van der Waals surface area contributed by atoms with E-state index < -0.39 is 10.0 Å². The Morgan fingerprint density at radius 2 is 1.84 bits per heavy atom. The summed E-state index contributed by atoms with van der Waals surface area (Å²) in [4.78, 5) is 23.1. The highest BCUT2D eigenvalue weighted by atomic mass is 32.2. The van der Waals surface area contributed by atoms with E-state index in [1.54, 1.807) is 25.1 Å². The largest absolute Gasteiger partial charge is 0.469 e. The van der Waals surface area contributed by atoms with Crippen LogP contribution in [0.15, 0.2) is 24.3 Å². The van der Waals surface area contributed by atoms with Gasteiger partial charge in [-0.2, -0.15) is 0 Å². The minimum Gasteiger partial charge on any atom is -0.469 e. The van der Waals surface area contributed by atoms with Crippen LogP contribution in [0.3, 0.4) is 0 Å². The standard InChI is InChI=1S/C17H26N2O5S/c1-14-9-6-7-10-15(14)19(25(3,22)23)13-16(20)18-12-8-4-5-11-17(21)24-2/h6-7,9-10H,4-5,8,11-13H2,1-3H3,(H,18,20). The number of anilines is 1. The van der Waals surface area contributed by atoms with Crippen LogP contribution < -0.4 is 9.62 Å². The maximum atomic E-state index is 12.1. The quantitative estimate of drug-likeness (QED) is 0.499. The van der Waals surface area contributed by atoms with Gasteiger partial charge in [0.25, 0.3) is 0 Å². The third kappa shape index (κ3) is 7.55. The number of methoxy groups -OCH3 is 1. The number of nitrogens with zero attached hydrogens (tertiary/aromatic N) is 1. The summed E-state index contributed by atoms with van der Waals surface area (Å²) < 4.78 is 29.7. The van der Waals surface area contributed by atoms with Gasteiger partial charge in [-0.05, 0) is 31.4 Å². The van der Waals surface area contributed by atoms with Gasteiger partial charge in [-0.3, -0.25) is 13.9 Å². The van der Waals surface area contributed by atoms with E-state index in [1.165, 1.54) is 7.11 Å². The SMILES string of the molecule is COC(=O)CCCCCNC(=O)CN(c1ccccc1C)S(C)(=O)=O. The maximum Gasteiger partial charge on any atom is 0.305 e. The van der Waals surface area contributed by atoms with Crippen molar-refractivity contribution in [3.63, 3.8) is 0 Å². The molecule has 0 radical (unpaired) electrons. The zero-order valence-corrected chi connectivity index (χ0v) is 15.8. The first-order valence-corrected chi connectivity index (χ1v) is 9.97. The monoisotopic (exact) mass is 370 g/mol. The molecular formula is C17H26N2O5S. The van der Waals surface area contributed by atoms with Crippen molar-refractivity contribution in [2.75, 3.05) is 30.8 Å². The van der Waals surface area contributed by atoms with Crippen molar-refractivity contribution in [3.8, 4) is 0 Å². The van der Waals surface area contributed by atoms with E-state index in [1.807, 2.05) is 6.07 Å². The Hall–Kier alpha value is -2.09. The molecular weight excluding hydrogens is 344 g/mol. The molecule has 0 aliphatic rings. The zero-order valence-electron chi connectivity index (χ0n) is 14.9. The van der Waals surface area contributed by atoms with Gasteiger partial charge in [0.15, 0.2) is 0 Å². The van der Waals surface area contributed by atoms with Crippen LogP contribution in [0.5, 0.6) is 0 Å². The molecule has 0 fully saturated rings. The van der Waals surface area contributed by atoms with Crippen molar-refractivity contribution in [2.24, 2.45) is 0 Å². The molecule has 25 heavy (non-hydrogen) atoms. The molecule has 0 bridgehead atoms. The van der Waals surface area contributed by atoms with Gasteiger partial charge in [-0.1, -0.05) is 24.6 Å². The molecule has 7 nitrogen and oxygen atoms in total. The van der Waals surface area contributed by atoms with Crippen LogP contribution in [0.4, 0.5) is 5.69 Å². The van der Waals surface area contributed by atoms with E-state index in [0.29, 0.717) is 31.5 Å². The van der Waals surface area contributed by atoms with Crippen LogP contribution in [0.25, 0.3) is 0 Å². The molecule has 1 aromatic rings. The lowest BCUT2D eigenvalue weighted by atomic mass is 10.2. The van der Waals surface area contributed by atoms with Crippen molar-refractivity contribution in [3.05, 3.63) is 29.8 Å². The van der Waals surface area contributed by atoms with Crippen LogP contribution in [0, 0.1) is 6.92 Å². The summed E-state index contributed by atoms with van der Waals surface area (Å²) in [6.07, 6.45) is 3.63. The van der Waals surface area contributed by atoms with Crippen LogP contribution in [0.2, 0.25) is 0 Å². The smallest absolute Gasteiger partial charge is 0.305 e. The Morgan fingerprint density at radius 1 is 1.16 bits per heavy atom. The van der Waals surface area contributed by atoms with Crippen molar-refractivity contribution >= 4 is 27.6 Å². The second-order valence-corrected chi connectivity index (χ2v) is 7.70. The number of rotatable bonds is 10. The van der Waals surface area contributed by atoms with Gasteiger partial charge in [-0.15, -0.1) is 0 Å². The van der Waals surface area contributed by atoms with Crippen LogP contribution in [0.1, 0.15) is 31.2 Å². The molecule has 0 atom stereocenters. The lowest BCUT2D eigenvalue weighted by Crippen LogP contribution is -2.41. The Morgan fingerprint density at radius 3 is 2.44 bits per heavy atom. The van der Waals surface area contributed by atoms with E-state index in [-0.39, 0.29) is 18.4 Å². The number of hydrogen-bond acceptors (Lipinski definition) is 5. The van der Waals surface area contributed by atoms with Gasteiger partial charge in [-0.25, -0.2) is 8.42 Å². The number of esters is 1. The predicted molar refractivity (Wildman–Crippen MR) is 96.9 cm³/mol. The molecule has 1 amide bonds. The molecule has 0 unspecified atom stereocenters. The molecule has 0 aliphatic heterocycles. The van der Waals surface area contributed by atoms with Crippen molar-refractivity contribution < 1.29 is 22.7 Å². The van der Waals surface area contributed by atoms with Crippen LogP contribution in [-0.2, 0) is 24.3 Å². The summed E-state index contributed by atoms with van der Waals surface area (Å²) in [7, 11) is -2.21. The summed E-state index contributed by atoms with van der Waals surface area (Å²) in [5.41, 5.74) is 1.28. The lowest BCUT2D eigenvalue weighted by molar-refractivity contribution is -0.140. The van der Waals surface area contributed by atoms with E-state index in [2.05, 4.69) is 10.1 Å². The molecule has 8 heteroatoms. The first-order valence-electron chi connectivity index (χ1n) is 8.12. The van der Waals surface area contributed by atoms with Gasteiger partial charge >= 0.3 is 5.97 Å². The van der Waals surface area contributed by atoms with Crippen molar-refractivity contribution in [1.82, 2.24) is 5.32 Å². The maximum absolute atomic E-state index is 12.1. The Balaban J connectivity index is 2.50. The summed E-state index contributed by atoms with van der Waals surface area (Å²) in [6.45, 7) is 1.98. The second-order valence-electron chi connectivity index (χ2n) is 5.79. The normalized spacial score (nSPS) is 11.0. The highest BCUT2D eigenvalue weighted by molar-refractivity contribution is 7.92. The number of amides is 1. The van der Waals surface area contributed by atoms with Gasteiger partial charge < -0.3 is 10.1 Å². The second kappa shape index (κ2) is 10.0. The summed E-state index contributed by atoms with van der Waals surface area (Å²) in [6, 6.07) is 7.02. The molecule has 0 aliphatic carbocycles. The fourth-order valence-corrected chi connectivity index (χ4v) is 3.23. The fourth-order valence-electron chi connectivity index (χ4n) is 2.31. The Bertz CT molecular complexity index is 688. The molecule has 0 aromatic heterocycles. The highest BCUT2D eigenvalue weighted by Crippen LogP contribution is 2.21. The number of para-hydroxylation sites is 1. The number of nitrogens with one attached hydrogen (secondary N) is 1. The van der Waals surface area contributed by atoms with E-state index in [4.69, 9.17) is 0 Å². The number of benzene rings is 1. The van der Waals surface area contributed by atoms with E-state index >= 15 is 0 Å². The number of ether oxygens (including phenoxy) is 1. The van der Waals surface area contributed by atoms with Gasteiger partial charge in [0.05, 0.1) is 19.1 Å². The summed E-state index contributed by atoms with van der Waals surface area (Å²) >= 11 is 0. The third-order valence-electron chi connectivity index (χ3n) is 3.68. The van der Waals surface area contributed by atoms with E-state index in [9.17, 15) is 18.0 Å². The summed E-state index contributed by atoms with van der Waals surface area (Å²) in [5.74, 6) is -0.604. The van der Waals surface area contributed by atoms with Crippen molar-refractivity contribution in [2.45, 2.75) is 32.6 Å². The molecule has 0 saturated heterocycles. The molecule has 0 saturated carbocycles. The first kappa shape index (κ1) is 21.0. The van der Waals surface area contributed by atoms with Gasteiger partial charge in [0.2, 0.25) is 15.9 Å². The average Bonchev–Trinajstić information content (AvgIpc) is 2.55. The molecule has 0 heterocycles. The minimum absolute atomic E-state index is 0.244. The minimum atomic E-state index is -3.57. The van der Waals surface area contributed by atoms with Crippen LogP contribution in [-0.4, -0.2) is 46.7 Å². The Labute approximate surface area is 149 Å². The molecule has 0 spiro atoms. The van der Waals surface area contributed by atoms with Crippen molar-refractivity contribution in [1.29, 1.82) is 0 Å². The number of carbonyl (C=O) groups is 2. The topological polar surface area (TPSA) is 92.8 Å². The number of hydrogen-bond donors (Lipinski definition) is 1. The van der Waals surface area contributed by atoms with Gasteiger partial charge in [0, 0.05) is 13.0 Å². The Kier molecular flexibility index (Phi) is 8.40. The van der Waals surface area contributed by atoms with Gasteiger partial charge in [0.1, 0.15) is 6.54 Å². The number of unbranched alkanes of at least 4 members (excludes halogenated alkanes) is 2. The zero-order chi connectivity index (χ0) is 18.9. The molecule has 1 aromatic carbocycles. The average molecular weight is 370 g/mol. The summed E-state index contributed by atoms with van der Waals surface area (Å²) in [5, 5.41) is 2.72. The predicted octanol–water partition coefficient (Wildman–Crippen LogP) is 1.61. The number of carbonyl (C=O) groups excluding carboxylic acids is 2. The third-order valence-corrected chi connectivity index (χ3v) is 4.81. The molecule has 1 rings (SSSR count). The lowest BCUT2D eigenvalue weighted by Gasteiger charge is -2.23. The van der Waals surface area contributed by atoms with Crippen LogP contribution >= 0.6 is 0 Å². The number of aryl methyl sites for hydroxylation is 1. The highest BCUT2D eigenvalue weighted by Gasteiger charge is 2.21.